The minimum Gasteiger partial charge on any atom is -0.370 e. The molecule has 0 aromatic carbocycles. The summed E-state index contributed by atoms with van der Waals surface area (Å²) >= 11 is 5.63. The molecular formula is C8H10ClN3O3S. The highest BCUT2D eigenvalue weighted by Gasteiger charge is 2.17. The predicted molar refractivity (Wildman–Crippen MR) is 58.2 cm³/mol. The van der Waals surface area contributed by atoms with Crippen molar-refractivity contribution < 1.29 is 13.2 Å². The molecule has 0 bridgehead atoms. The number of pyridine rings is 1. The van der Waals surface area contributed by atoms with E-state index in [4.69, 9.17) is 17.3 Å². The molecule has 6 nitrogen and oxygen atoms in total. The zero-order valence-corrected chi connectivity index (χ0v) is 9.75. The standard InChI is InChI=1S/C8H10ClN3O3S/c9-8-6(2-1-4-11-8)16(14,15)12-5-3-7(10)13/h1-2,4,12H,3,5H2,(H2,10,13). The summed E-state index contributed by atoms with van der Waals surface area (Å²) in [6.45, 7) is -0.0666. The van der Waals surface area contributed by atoms with Crippen LogP contribution in [0.4, 0.5) is 0 Å². The highest BCUT2D eigenvalue weighted by molar-refractivity contribution is 7.89. The number of nitrogens with zero attached hydrogens (tertiary/aromatic N) is 1. The lowest BCUT2D eigenvalue weighted by atomic mass is 10.4. The summed E-state index contributed by atoms with van der Waals surface area (Å²) < 4.78 is 25.5. The number of hydrogen-bond donors (Lipinski definition) is 2. The summed E-state index contributed by atoms with van der Waals surface area (Å²) in [6, 6.07) is 2.77. The third-order valence-electron chi connectivity index (χ3n) is 1.68. The lowest BCUT2D eigenvalue weighted by molar-refractivity contribution is -0.117. The van der Waals surface area contributed by atoms with E-state index in [-0.39, 0.29) is 23.0 Å². The molecule has 0 atom stereocenters. The van der Waals surface area contributed by atoms with Crippen LogP contribution in [0.2, 0.25) is 5.15 Å². The first-order chi connectivity index (χ1) is 7.43. The van der Waals surface area contributed by atoms with Crippen LogP contribution in [0.5, 0.6) is 0 Å². The van der Waals surface area contributed by atoms with E-state index in [1.165, 1.54) is 18.3 Å². The molecule has 16 heavy (non-hydrogen) atoms. The second kappa shape index (κ2) is 5.24. The molecule has 88 valence electrons. The molecule has 0 aliphatic heterocycles. The maximum Gasteiger partial charge on any atom is 0.243 e. The number of carbonyl (C=O) groups is 1. The molecule has 0 radical (unpaired) electrons. The van der Waals surface area contributed by atoms with Gasteiger partial charge in [0, 0.05) is 19.2 Å². The number of nitrogens with two attached hydrogens (primary N) is 1. The van der Waals surface area contributed by atoms with Gasteiger partial charge in [0.05, 0.1) is 0 Å². The van der Waals surface area contributed by atoms with Gasteiger partial charge in [0.2, 0.25) is 15.9 Å². The third-order valence-corrected chi connectivity index (χ3v) is 3.58. The number of nitrogens with one attached hydrogen (secondary N) is 1. The van der Waals surface area contributed by atoms with E-state index in [9.17, 15) is 13.2 Å². The molecule has 8 heteroatoms. The molecule has 0 spiro atoms. The predicted octanol–water partition coefficient (Wildman–Crippen LogP) is -0.111. The number of rotatable bonds is 5. The quantitative estimate of drug-likeness (QED) is 0.724. The Labute approximate surface area is 97.9 Å². The molecule has 0 saturated carbocycles. The van der Waals surface area contributed by atoms with Crippen LogP contribution in [0.1, 0.15) is 6.42 Å². The molecule has 0 fully saturated rings. The van der Waals surface area contributed by atoms with Crippen molar-refractivity contribution in [1.82, 2.24) is 9.71 Å². The number of carbonyl (C=O) groups excluding carboxylic acids is 1. The summed E-state index contributed by atoms with van der Waals surface area (Å²) in [4.78, 5) is 14.0. The first kappa shape index (κ1) is 12.9. The highest BCUT2D eigenvalue weighted by atomic mass is 35.5. The Bertz CT molecular complexity index is 489. The zero-order valence-electron chi connectivity index (χ0n) is 8.18. The van der Waals surface area contributed by atoms with Crippen LogP contribution in [0.25, 0.3) is 0 Å². The van der Waals surface area contributed by atoms with Crippen molar-refractivity contribution in [1.29, 1.82) is 0 Å². The number of hydrogen-bond acceptors (Lipinski definition) is 4. The summed E-state index contributed by atoms with van der Waals surface area (Å²) in [5, 5.41) is -0.117. The van der Waals surface area contributed by atoms with E-state index < -0.39 is 15.9 Å². The van der Waals surface area contributed by atoms with E-state index in [2.05, 4.69) is 9.71 Å². The first-order valence-corrected chi connectivity index (χ1v) is 6.18. The number of sulfonamides is 1. The minimum atomic E-state index is -3.74. The fourth-order valence-electron chi connectivity index (χ4n) is 0.958. The number of amides is 1. The summed E-state index contributed by atoms with van der Waals surface area (Å²) in [5.41, 5.74) is 4.88. The normalized spacial score (nSPS) is 11.3. The molecule has 1 aromatic rings. The first-order valence-electron chi connectivity index (χ1n) is 4.32. The van der Waals surface area contributed by atoms with Crippen LogP contribution in [0.3, 0.4) is 0 Å². The van der Waals surface area contributed by atoms with Gasteiger partial charge in [-0.3, -0.25) is 4.79 Å². The van der Waals surface area contributed by atoms with Gasteiger partial charge in [-0.15, -0.1) is 0 Å². The van der Waals surface area contributed by atoms with E-state index in [0.29, 0.717) is 0 Å². The number of aromatic nitrogens is 1. The van der Waals surface area contributed by atoms with Gasteiger partial charge in [0.25, 0.3) is 0 Å². The van der Waals surface area contributed by atoms with Crippen LogP contribution in [0.15, 0.2) is 23.2 Å². The van der Waals surface area contributed by atoms with Crippen molar-refractivity contribution in [3.63, 3.8) is 0 Å². The highest BCUT2D eigenvalue weighted by Crippen LogP contribution is 2.17. The van der Waals surface area contributed by atoms with Crippen LogP contribution in [-0.4, -0.2) is 25.9 Å². The molecule has 1 rings (SSSR count). The maximum atomic E-state index is 11.6. The summed E-state index contributed by atoms with van der Waals surface area (Å²) in [7, 11) is -3.74. The molecular weight excluding hydrogens is 254 g/mol. The van der Waals surface area contributed by atoms with Crippen LogP contribution < -0.4 is 10.5 Å². The van der Waals surface area contributed by atoms with Crippen molar-refractivity contribution in [2.24, 2.45) is 5.73 Å². The molecule has 0 saturated heterocycles. The van der Waals surface area contributed by atoms with Gasteiger partial charge in [0.1, 0.15) is 10.0 Å². The lowest BCUT2D eigenvalue weighted by Gasteiger charge is -2.06. The van der Waals surface area contributed by atoms with Gasteiger partial charge < -0.3 is 5.73 Å². The zero-order chi connectivity index (χ0) is 12.2. The molecule has 0 aliphatic carbocycles. The number of halogens is 1. The van der Waals surface area contributed by atoms with E-state index in [1.807, 2.05) is 0 Å². The van der Waals surface area contributed by atoms with Gasteiger partial charge in [-0.1, -0.05) is 11.6 Å². The van der Waals surface area contributed by atoms with E-state index in [0.717, 1.165) is 0 Å². The topological polar surface area (TPSA) is 102 Å². The summed E-state index contributed by atoms with van der Waals surface area (Å²) in [6.07, 6.45) is 1.31. The van der Waals surface area contributed by atoms with Crippen LogP contribution in [-0.2, 0) is 14.8 Å². The van der Waals surface area contributed by atoms with Gasteiger partial charge in [-0.2, -0.15) is 0 Å². The Morgan fingerprint density at radius 3 is 2.81 bits per heavy atom. The smallest absolute Gasteiger partial charge is 0.243 e. The second-order valence-electron chi connectivity index (χ2n) is 2.91. The molecule has 1 amide bonds. The van der Waals surface area contributed by atoms with Crippen LogP contribution in [0, 0.1) is 0 Å². The lowest BCUT2D eigenvalue weighted by Crippen LogP contribution is -2.28. The molecule has 0 unspecified atom stereocenters. The second-order valence-corrected chi connectivity index (χ2v) is 5.00. The largest absolute Gasteiger partial charge is 0.370 e. The average molecular weight is 264 g/mol. The van der Waals surface area contributed by atoms with E-state index >= 15 is 0 Å². The van der Waals surface area contributed by atoms with Crippen molar-refractivity contribution >= 4 is 27.5 Å². The van der Waals surface area contributed by atoms with Crippen molar-refractivity contribution in [3.8, 4) is 0 Å². The van der Waals surface area contributed by atoms with Gasteiger partial charge >= 0.3 is 0 Å². The fourth-order valence-corrected chi connectivity index (χ4v) is 2.44. The SMILES string of the molecule is NC(=O)CCNS(=O)(=O)c1cccnc1Cl. The molecule has 1 aromatic heterocycles. The van der Waals surface area contributed by atoms with Crippen molar-refractivity contribution in [2.45, 2.75) is 11.3 Å². The Hall–Kier alpha value is -1.18. The van der Waals surface area contributed by atoms with Gasteiger partial charge in [-0.25, -0.2) is 18.1 Å². The Morgan fingerprint density at radius 1 is 1.56 bits per heavy atom. The maximum absolute atomic E-state index is 11.6. The molecule has 0 aliphatic rings. The Balaban J connectivity index is 2.79. The number of primary amides is 1. The Kier molecular flexibility index (Phi) is 4.22. The molecule has 1 heterocycles. The summed E-state index contributed by atoms with van der Waals surface area (Å²) in [5.74, 6) is -0.583. The van der Waals surface area contributed by atoms with Crippen molar-refractivity contribution in [3.05, 3.63) is 23.5 Å². The average Bonchev–Trinajstić information content (AvgIpc) is 2.17. The third kappa shape index (κ3) is 3.44. The fraction of sp³-hybridized carbons (Fsp3) is 0.250. The molecule has 3 N–H and O–H groups in total. The Morgan fingerprint density at radius 2 is 2.25 bits per heavy atom. The minimum absolute atomic E-state index is 0.0666. The van der Waals surface area contributed by atoms with Crippen LogP contribution >= 0.6 is 11.6 Å². The monoisotopic (exact) mass is 263 g/mol. The van der Waals surface area contributed by atoms with Gasteiger partial charge in [-0.05, 0) is 12.1 Å². The van der Waals surface area contributed by atoms with Crippen molar-refractivity contribution in [2.75, 3.05) is 6.54 Å². The van der Waals surface area contributed by atoms with Gasteiger partial charge in [0.15, 0.2) is 0 Å². The van der Waals surface area contributed by atoms with E-state index in [1.54, 1.807) is 0 Å².